The quantitative estimate of drug-likeness (QED) is 0.581. The Morgan fingerprint density at radius 2 is 2.09 bits per heavy atom. The average molecular weight is 155 g/mol. The van der Waals surface area contributed by atoms with Crippen LogP contribution in [0.2, 0.25) is 0 Å². The third-order valence-electron chi connectivity index (χ3n) is 2.09. The number of rotatable bonds is 6. The second-order valence-corrected chi connectivity index (χ2v) is 3.11. The van der Waals surface area contributed by atoms with Gasteiger partial charge in [0.2, 0.25) is 0 Å². The van der Waals surface area contributed by atoms with Crippen LogP contribution in [0, 0.1) is 5.92 Å². The summed E-state index contributed by atoms with van der Waals surface area (Å²) in [5.74, 6) is 0.617. The van der Waals surface area contributed by atoms with Crippen LogP contribution in [0.15, 0.2) is 12.3 Å². The van der Waals surface area contributed by atoms with Crippen LogP contribution in [0.1, 0.15) is 40.0 Å². The molecule has 0 aliphatic heterocycles. The summed E-state index contributed by atoms with van der Waals surface area (Å²) in [6.07, 6.45) is 3.67. The van der Waals surface area contributed by atoms with E-state index < -0.39 is 0 Å². The monoisotopic (exact) mass is 155 g/mol. The van der Waals surface area contributed by atoms with Crippen LogP contribution in [0.4, 0.5) is 0 Å². The van der Waals surface area contributed by atoms with Gasteiger partial charge in [-0.2, -0.15) is 0 Å². The van der Waals surface area contributed by atoms with Crippen molar-refractivity contribution in [1.29, 1.82) is 0 Å². The molecule has 0 saturated carbocycles. The lowest BCUT2D eigenvalue weighted by molar-refractivity contribution is 0.578. The average Bonchev–Trinajstić information content (AvgIpc) is 2.03. The molecule has 0 spiro atoms. The summed E-state index contributed by atoms with van der Waals surface area (Å²) < 4.78 is 0. The molecule has 0 aliphatic carbocycles. The molecule has 1 heteroatoms. The van der Waals surface area contributed by atoms with E-state index in [2.05, 4.69) is 32.7 Å². The molecular weight excluding hydrogens is 134 g/mol. The molecule has 0 heterocycles. The lowest BCUT2D eigenvalue weighted by Crippen LogP contribution is -2.18. The number of nitrogens with one attached hydrogen (secondary N) is 1. The first-order chi connectivity index (χ1) is 5.22. The van der Waals surface area contributed by atoms with E-state index in [1.165, 1.54) is 25.0 Å². The summed E-state index contributed by atoms with van der Waals surface area (Å²) in [7, 11) is 0. The van der Waals surface area contributed by atoms with Crippen molar-refractivity contribution in [3.05, 3.63) is 12.3 Å². The van der Waals surface area contributed by atoms with Crippen molar-refractivity contribution < 1.29 is 0 Å². The SMILES string of the molecule is C=C(NCCCC)C(C)CC. The van der Waals surface area contributed by atoms with Gasteiger partial charge < -0.3 is 5.32 Å². The highest BCUT2D eigenvalue weighted by atomic mass is 14.9. The zero-order valence-corrected chi connectivity index (χ0v) is 8.11. The van der Waals surface area contributed by atoms with Crippen molar-refractivity contribution in [2.75, 3.05) is 6.54 Å². The van der Waals surface area contributed by atoms with Crippen molar-refractivity contribution >= 4 is 0 Å². The molecule has 0 rings (SSSR count). The maximum atomic E-state index is 3.99. The van der Waals surface area contributed by atoms with E-state index in [0.717, 1.165) is 6.54 Å². The first-order valence-electron chi connectivity index (χ1n) is 4.65. The fourth-order valence-electron chi connectivity index (χ4n) is 0.846. The summed E-state index contributed by atoms with van der Waals surface area (Å²) in [6.45, 7) is 11.7. The molecule has 0 saturated heterocycles. The largest absolute Gasteiger partial charge is 0.389 e. The zero-order chi connectivity index (χ0) is 8.69. The molecule has 1 atom stereocenters. The fourth-order valence-corrected chi connectivity index (χ4v) is 0.846. The Balaban J connectivity index is 3.36. The Labute approximate surface area is 70.9 Å². The summed E-state index contributed by atoms with van der Waals surface area (Å²) >= 11 is 0. The summed E-state index contributed by atoms with van der Waals surface area (Å²) in [4.78, 5) is 0. The first-order valence-corrected chi connectivity index (χ1v) is 4.65. The molecule has 1 N–H and O–H groups in total. The van der Waals surface area contributed by atoms with Crippen molar-refractivity contribution in [2.45, 2.75) is 40.0 Å². The molecule has 1 unspecified atom stereocenters. The number of hydrogen-bond acceptors (Lipinski definition) is 1. The van der Waals surface area contributed by atoms with E-state index in [4.69, 9.17) is 0 Å². The van der Waals surface area contributed by atoms with Crippen molar-refractivity contribution in [3.63, 3.8) is 0 Å². The highest BCUT2D eigenvalue weighted by molar-refractivity contribution is 4.95. The number of unbranched alkanes of at least 4 members (excludes halogenated alkanes) is 1. The third-order valence-corrected chi connectivity index (χ3v) is 2.09. The Morgan fingerprint density at radius 1 is 1.45 bits per heavy atom. The van der Waals surface area contributed by atoms with Gasteiger partial charge in [0, 0.05) is 12.2 Å². The van der Waals surface area contributed by atoms with E-state index in [-0.39, 0.29) is 0 Å². The Morgan fingerprint density at radius 3 is 2.55 bits per heavy atom. The predicted octanol–water partition coefficient (Wildman–Crippen LogP) is 2.94. The molecule has 0 amide bonds. The first kappa shape index (κ1) is 10.5. The normalized spacial score (nSPS) is 12.6. The molecule has 11 heavy (non-hydrogen) atoms. The molecule has 0 aromatic heterocycles. The van der Waals surface area contributed by atoms with Crippen LogP contribution in [0.3, 0.4) is 0 Å². The van der Waals surface area contributed by atoms with Crippen LogP contribution < -0.4 is 5.32 Å². The number of hydrogen-bond donors (Lipinski definition) is 1. The standard InChI is InChI=1S/C10H21N/c1-5-7-8-11-10(4)9(3)6-2/h9,11H,4-8H2,1-3H3. The van der Waals surface area contributed by atoms with E-state index in [1.54, 1.807) is 0 Å². The minimum atomic E-state index is 0.617. The molecule has 66 valence electrons. The maximum Gasteiger partial charge on any atom is 0.0143 e. The minimum absolute atomic E-state index is 0.617. The van der Waals surface area contributed by atoms with Crippen LogP contribution in [0.5, 0.6) is 0 Å². The van der Waals surface area contributed by atoms with Crippen LogP contribution in [-0.4, -0.2) is 6.54 Å². The van der Waals surface area contributed by atoms with Crippen LogP contribution in [0.25, 0.3) is 0 Å². The molecule has 0 aromatic carbocycles. The smallest absolute Gasteiger partial charge is 0.0143 e. The van der Waals surface area contributed by atoms with Gasteiger partial charge >= 0.3 is 0 Å². The van der Waals surface area contributed by atoms with Gasteiger partial charge in [-0.05, 0) is 18.8 Å². The molecule has 0 radical (unpaired) electrons. The van der Waals surface area contributed by atoms with Gasteiger partial charge in [-0.3, -0.25) is 0 Å². The topological polar surface area (TPSA) is 12.0 Å². The molecule has 0 fully saturated rings. The molecule has 0 aromatic rings. The van der Waals surface area contributed by atoms with Gasteiger partial charge in [0.1, 0.15) is 0 Å². The zero-order valence-electron chi connectivity index (χ0n) is 8.11. The van der Waals surface area contributed by atoms with E-state index in [1.807, 2.05) is 0 Å². The minimum Gasteiger partial charge on any atom is -0.389 e. The molecule has 1 nitrogen and oxygen atoms in total. The fraction of sp³-hybridized carbons (Fsp3) is 0.800. The van der Waals surface area contributed by atoms with E-state index in [9.17, 15) is 0 Å². The van der Waals surface area contributed by atoms with Gasteiger partial charge in [-0.25, -0.2) is 0 Å². The van der Waals surface area contributed by atoms with Crippen LogP contribution in [-0.2, 0) is 0 Å². The summed E-state index contributed by atoms with van der Waals surface area (Å²) in [6, 6.07) is 0. The summed E-state index contributed by atoms with van der Waals surface area (Å²) in [5, 5.41) is 3.34. The maximum absolute atomic E-state index is 3.99. The highest BCUT2D eigenvalue weighted by Crippen LogP contribution is 2.08. The van der Waals surface area contributed by atoms with Crippen molar-refractivity contribution in [2.24, 2.45) is 5.92 Å². The molecule has 0 bridgehead atoms. The Kier molecular flexibility index (Phi) is 6.00. The lowest BCUT2D eigenvalue weighted by Gasteiger charge is -2.14. The van der Waals surface area contributed by atoms with Crippen LogP contribution >= 0.6 is 0 Å². The van der Waals surface area contributed by atoms with Crippen molar-refractivity contribution in [3.8, 4) is 0 Å². The molecule has 0 aliphatic rings. The van der Waals surface area contributed by atoms with E-state index >= 15 is 0 Å². The highest BCUT2D eigenvalue weighted by Gasteiger charge is 2.01. The van der Waals surface area contributed by atoms with Gasteiger partial charge in [0.05, 0.1) is 0 Å². The van der Waals surface area contributed by atoms with Crippen molar-refractivity contribution in [1.82, 2.24) is 5.32 Å². The Bertz CT molecular complexity index is 107. The van der Waals surface area contributed by atoms with E-state index in [0.29, 0.717) is 5.92 Å². The second-order valence-electron chi connectivity index (χ2n) is 3.11. The molecular formula is C10H21N. The van der Waals surface area contributed by atoms with Gasteiger partial charge in [-0.1, -0.05) is 33.8 Å². The summed E-state index contributed by atoms with van der Waals surface area (Å²) in [5.41, 5.74) is 1.20. The van der Waals surface area contributed by atoms with Gasteiger partial charge in [-0.15, -0.1) is 0 Å². The predicted molar refractivity (Wildman–Crippen MR) is 51.5 cm³/mol. The Hall–Kier alpha value is -0.460. The van der Waals surface area contributed by atoms with Gasteiger partial charge in [0.25, 0.3) is 0 Å². The second kappa shape index (κ2) is 6.26. The van der Waals surface area contributed by atoms with Gasteiger partial charge in [0.15, 0.2) is 0 Å². The third kappa shape index (κ3) is 4.88. The number of allylic oxidation sites excluding steroid dienone is 1. The lowest BCUT2D eigenvalue weighted by atomic mass is 10.1.